The summed E-state index contributed by atoms with van der Waals surface area (Å²) in [5, 5.41) is 3.60. The molecule has 2 rings (SSSR count). The molecule has 3 heteroatoms. The van der Waals surface area contributed by atoms with E-state index in [0.717, 1.165) is 38.7 Å². The van der Waals surface area contributed by atoms with Gasteiger partial charge in [-0.3, -0.25) is 0 Å². The summed E-state index contributed by atoms with van der Waals surface area (Å²) in [6.07, 6.45) is 9.58. The predicted molar refractivity (Wildman–Crippen MR) is 73.8 cm³/mol. The molecule has 2 fully saturated rings. The summed E-state index contributed by atoms with van der Waals surface area (Å²) < 4.78 is 11.2. The number of nitrogens with one attached hydrogen (secondary N) is 1. The largest absolute Gasteiger partial charge is 0.379 e. The van der Waals surface area contributed by atoms with Gasteiger partial charge in [0.15, 0.2) is 0 Å². The molecule has 1 aliphatic carbocycles. The van der Waals surface area contributed by atoms with Gasteiger partial charge in [-0.1, -0.05) is 19.3 Å². The van der Waals surface area contributed by atoms with E-state index in [-0.39, 0.29) is 0 Å². The lowest BCUT2D eigenvalue weighted by Gasteiger charge is -2.28. The zero-order valence-corrected chi connectivity index (χ0v) is 11.8. The number of hydrogen-bond acceptors (Lipinski definition) is 3. The molecule has 0 aromatic heterocycles. The molecule has 18 heavy (non-hydrogen) atoms. The van der Waals surface area contributed by atoms with Crippen LogP contribution >= 0.6 is 0 Å². The van der Waals surface area contributed by atoms with E-state index in [2.05, 4.69) is 12.2 Å². The molecule has 2 atom stereocenters. The van der Waals surface area contributed by atoms with Crippen molar-refractivity contribution in [1.29, 1.82) is 0 Å². The summed E-state index contributed by atoms with van der Waals surface area (Å²) in [5.74, 6) is 1.00. The predicted octanol–water partition coefficient (Wildman–Crippen LogP) is 2.74. The minimum atomic E-state index is 0.371. The second-order valence-corrected chi connectivity index (χ2v) is 5.95. The van der Waals surface area contributed by atoms with Crippen LogP contribution in [0.5, 0.6) is 0 Å². The average molecular weight is 255 g/mol. The van der Waals surface area contributed by atoms with Gasteiger partial charge in [-0.05, 0) is 45.1 Å². The SMILES string of the molecule is CC(CC1CCC1)NCCCOCC1CCCO1. The summed E-state index contributed by atoms with van der Waals surface area (Å²) in [4.78, 5) is 0. The lowest BCUT2D eigenvalue weighted by Crippen LogP contribution is -2.31. The Morgan fingerprint density at radius 1 is 1.28 bits per heavy atom. The highest BCUT2D eigenvalue weighted by Gasteiger charge is 2.19. The fourth-order valence-electron chi connectivity index (χ4n) is 2.83. The Hall–Kier alpha value is -0.120. The summed E-state index contributed by atoms with van der Waals surface area (Å²) in [6, 6.07) is 0.675. The molecule has 0 bridgehead atoms. The van der Waals surface area contributed by atoms with Crippen molar-refractivity contribution >= 4 is 0 Å². The van der Waals surface area contributed by atoms with Crippen LogP contribution in [0.15, 0.2) is 0 Å². The summed E-state index contributed by atoms with van der Waals surface area (Å²) in [7, 11) is 0. The first-order chi connectivity index (χ1) is 8.84. The maximum Gasteiger partial charge on any atom is 0.0809 e. The fourth-order valence-corrected chi connectivity index (χ4v) is 2.83. The van der Waals surface area contributed by atoms with Crippen LogP contribution in [-0.2, 0) is 9.47 Å². The third kappa shape index (κ3) is 5.25. The van der Waals surface area contributed by atoms with Gasteiger partial charge in [-0.25, -0.2) is 0 Å². The first-order valence-corrected chi connectivity index (χ1v) is 7.77. The topological polar surface area (TPSA) is 30.5 Å². The van der Waals surface area contributed by atoms with E-state index in [0.29, 0.717) is 12.1 Å². The van der Waals surface area contributed by atoms with Crippen molar-refractivity contribution in [2.75, 3.05) is 26.4 Å². The van der Waals surface area contributed by atoms with Crippen molar-refractivity contribution < 1.29 is 9.47 Å². The van der Waals surface area contributed by atoms with Crippen LogP contribution in [0, 0.1) is 5.92 Å². The second-order valence-electron chi connectivity index (χ2n) is 5.95. The maximum absolute atomic E-state index is 5.65. The van der Waals surface area contributed by atoms with Gasteiger partial charge in [0.05, 0.1) is 12.7 Å². The molecule has 2 unspecified atom stereocenters. The fraction of sp³-hybridized carbons (Fsp3) is 1.00. The van der Waals surface area contributed by atoms with Gasteiger partial charge in [-0.2, -0.15) is 0 Å². The Balaban J connectivity index is 1.36. The highest BCUT2D eigenvalue weighted by molar-refractivity contribution is 4.74. The monoisotopic (exact) mass is 255 g/mol. The normalized spacial score (nSPS) is 26.2. The maximum atomic E-state index is 5.65. The molecule has 0 aromatic rings. The molecule has 1 heterocycles. The van der Waals surface area contributed by atoms with E-state index < -0.39 is 0 Å². The highest BCUT2D eigenvalue weighted by Crippen LogP contribution is 2.30. The minimum absolute atomic E-state index is 0.371. The van der Waals surface area contributed by atoms with Crippen LogP contribution in [0.3, 0.4) is 0 Å². The molecule has 0 amide bonds. The van der Waals surface area contributed by atoms with Crippen molar-refractivity contribution in [1.82, 2.24) is 5.32 Å². The van der Waals surface area contributed by atoms with Crippen LogP contribution in [0.2, 0.25) is 0 Å². The summed E-state index contributed by atoms with van der Waals surface area (Å²) in [5.41, 5.74) is 0. The van der Waals surface area contributed by atoms with Crippen molar-refractivity contribution in [2.45, 2.75) is 64.0 Å². The van der Waals surface area contributed by atoms with Crippen molar-refractivity contribution in [3.63, 3.8) is 0 Å². The molecule has 1 saturated heterocycles. The Morgan fingerprint density at radius 3 is 2.83 bits per heavy atom. The van der Waals surface area contributed by atoms with Gasteiger partial charge in [0.2, 0.25) is 0 Å². The third-order valence-electron chi connectivity index (χ3n) is 4.20. The molecule has 0 aromatic carbocycles. The van der Waals surface area contributed by atoms with Crippen molar-refractivity contribution in [2.24, 2.45) is 5.92 Å². The van der Waals surface area contributed by atoms with E-state index in [1.54, 1.807) is 0 Å². The van der Waals surface area contributed by atoms with Gasteiger partial charge in [-0.15, -0.1) is 0 Å². The van der Waals surface area contributed by atoms with Crippen LogP contribution in [0.4, 0.5) is 0 Å². The van der Waals surface area contributed by atoms with Crippen molar-refractivity contribution in [3.05, 3.63) is 0 Å². The first-order valence-electron chi connectivity index (χ1n) is 7.77. The van der Waals surface area contributed by atoms with Crippen LogP contribution in [-0.4, -0.2) is 38.5 Å². The highest BCUT2D eigenvalue weighted by atomic mass is 16.5. The second kappa shape index (κ2) is 8.13. The van der Waals surface area contributed by atoms with E-state index in [1.807, 2.05) is 0 Å². The van der Waals surface area contributed by atoms with E-state index >= 15 is 0 Å². The van der Waals surface area contributed by atoms with Crippen LogP contribution < -0.4 is 5.32 Å². The molecule has 106 valence electrons. The third-order valence-corrected chi connectivity index (χ3v) is 4.20. The molecule has 0 spiro atoms. The first kappa shape index (κ1) is 14.3. The Morgan fingerprint density at radius 2 is 2.17 bits per heavy atom. The Kier molecular flexibility index (Phi) is 6.46. The number of hydrogen-bond donors (Lipinski definition) is 1. The zero-order valence-electron chi connectivity index (χ0n) is 11.8. The van der Waals surface area contributed by atoms with E-state index in [9.17, 15) is 0 Å². The van der Waals surface area contributed by atoms with Crippen LogP contribution in [0.1, 0.15) is 51.9 Å². The number of rotatable bonds is 9. The molecular formula is C15H29NO2. The van der Waals surface area contributed by atoms with Gasteiger partial charge >= 0.3 is 0 Å². The Labute approximate surface area is 112 Å². The molecule has 3 nitrogen and oxygen atoms in total. The minimum Gasteiger partial charge on any atom is -0.379 e. The lowest BCUT2D eigenvalue weighted by molar-refractivity contribution is 0.0165. The van der Waals surface area contributed by atoms with E-state index in [4.69, 9.17) is 9.47 Å². The molecule has 0 radical (unpaired) electrons. The molecule has 1 saturated carbocycles. The molecular weight excluding hydrogens is 226 g/mol. The number of ether oxygens (including phenoxy) is 2. The van der Waals surface area contributed by atoms with Crippen molar-refractivity contribution in [3.8, 4) is 0 Å². The Bertz CT molecular complexity index is 213. The van der Waals surface area contributed by atoms with Crippen LogP contribution in [0.25, 0.3) is 0 Å². The van der Waals surface area contributed by atoms with Gasteiger partial charge in [0.25, 0.3) is 0 Å². The molecule has 1 N–H and O–H groups in total. The van der Waals surface area contributed by atoms with E-state index in [1.165, 1.54) is 38.5 Å². The zero-order chi connectivity index (χ0) is 12.6. The smallest absolute Gasteiger partial charge is 0.0809 e. The lowest BCUT2D eigenvalue weighted by atomic mass is 9.81. The average Bonchev–Trinajstić information content (AvgIpc) is 2.81. The summed E-state index contributed by atoms with van der Waals surface area (Å²) >= 11 is 0. The van der Waals surface area contributed by atoms with Gasteiger partial charge in [0.1, 0.15) is 0 Å². The molecule has 2 aliphatic rings. The van der Waals surface area contributed by atoms with Gasteiger partial charge < -0.3 is 14.8 Å². The summed E-state index contributed by atoms with van der Waals surface area (Å²) in [6.45, 7) is 5.97. The standard InChI is InChI=1S/C15H29NO2/c1-13(11-14-5-2-6-14)16-8-4-9-17-12-15-7-3-10-18-15/h13-16H,2-12H2,1H3. The molecule has 1 aliphatic heterocycles. The van der Waals surface area contributed by atoms with Gasteiger partial charge in [0, 0.05) is 19.3 Å². The quantitative estimate of drug-likeness (QED) is 0.643.